The van der Waals surface area contributed by atoms with E-state index in [0.29, 0.717) is 12.1 Å². The lowest BCUT2D eigenvalue weighted by Crippen LogP contribution is -2.05. The van der Waals surface area contributed by atoms with E-state index < -0.39 is 0 Å². The van der Waals surface area contributed by atoms with Crippen LogP contribution in [0.2, 0.25) is 0 Å². The van der Waals surface area contributed by atoms with Crippen LogP contribution in [0.4, 0.5) is 5.69 Å². The van der Waals surface area contributed by atoms with E-state index in [-0.39, 0.29) is 0 Å². The molecule has 0 aliphatic rings. The van der Waals surface area contributed by atoms with E-state index in [1.54, 1.807) is 6.20 Å². The molecule has 0 unspecified atom stereocenters. The van der Waals surface area contributed by atoms with Crippen LogP contribution < -0.4 is 5.32 Å². The molecule has 0 saturated carbocycles. The van der Waals surface area contributed by atoms with E-state index >= 15 is 0 Å². The Labute approximate surface area is 117 Å². The van der Waals surface area contributed by atoms with Crippen molar-refractivity contribution in [3.8, 4) is 6.07 Å². The van der Waals surface area contributed by atoms with Gasteiger partial charge in [0.2, 0.25) is 0 Å². The molecule has 1 aromatic heterocycles. The van der Waals surface area contributed by atoms with Crippen LogP contribution in [0.15, 0.2) is 48.7 Å². The molecule has 0 aliphatic carbocycles. The quantitative estimate of drug-likeness (QED) is 0.789. The molecule has 0 saturated heterocycles. The van der Waals surface area contributed by atoms with Crippen LogP contribution in [0.25, 0.3) is 10.8 Å². The number of nitriles is 1. The van der Waals surface area contributed by atoms with Crippen LogP contribution in [0.5, 0.6) is 0 Å². The number of nitrogens with zero attached hydrogens (tertiary/aromatic N) is 3. The topological polar surface area (TPSA) is 53.6 Å². The van der Waals surface area contributed by atoms with Gasteiger partial charge in [-0.25, -0.2) is 0 Å². The van der Waals surface area contributed by atoms with E-state index in [9.17, 15) is 0 Å². The Morgan fingerprint density at radius 2 is 1.95 bits per heavy atom. The summed E-state index contributed by atoms with van der Waals surface area (Å²) in [7, 11) is 1.92. The average molecular weight is 262 g/mol. The summed E-state index contributed by atoms with van der Waals surface area (Å²) in [5.74, 6) is 0. The third-order valence-electron chi connectivity index (χ3n) is 3.43. The Bertz CT molecular complexity index is 796. The highest BCUT2D eigenvalue weighted by atomic mass is 15.3. The van der Waals surface area contributed by atoms with Crippen molar-refractivity contribution < 1.29 is 0 Å². The highest BCUT2D eigenvalue weighted by Gasteiger charge is 2.05. The predicted molar refractivity (Wildman–Crippen MR) is 79.2 cm³/mol. The Kier molecular flexibility index (Phi) is 3.10. The Morgan fingerprint density at radius 1 is 1.15 bits per heavy atom. The van der Waals surface area contributed by atoms with Crippen LogP contribution in [-0.2, 0) is 13.6 Å². The molecular formula is C16H14N4. The molecule has 98 valence electrons. The molecule has 4 nitrogen and oxygen atoms in total. The maximum Gasteiger partial charge on any atom is 0.0998 e. The Hall–Kier alpha value is -2.80. The molecule has 0 amide bonds. The minimum Gasteiger partial charge on any atom is -0.379 e. The van der Waals surface area contributed by atoms with Crippen LogP contribution >= 0.6 is 0 Å². The van der Waals surface area contributed by atoms with E-state index in [0.717, 1.165) is 22.2 Å². The summed E-state index contributed by atoms with van der Waals surface area (Å²) in [6.45, 7) is 0.701. The smallest absolute Gasteiger partial charge is 0.0998 e. The second-order valence-corrected chi connectivity index (χ2v) is 4.62. The number of nitrogens with one attached hydrogen (secondary N) is 1. The Balaban J connectivity index is 1.97. The van der Waals surface area contributed by atoms with Crippen LogP contribution in [0.1, 0.15) is 11.3 Å². The molecule has 3 aromatic rings. The summed E-state index contributed by atoms with van der Waals surface area (Å²) in [6, 6.07) is 16.0. The van der Waals surface area contributed by atoms with Crippen molar-refractivity contribution in [1.82, 2.24) is 9.78 Å². The van der Waals surface area contributed by atoms with Gasteiger partial charge in [0.15, 0.2) is 0 Å². The minimum atomic E-state index is 0.701. The average Bonchev–Trinajstić information content (AvgIpc) is 2.90. The normalized spacial score (nSPS) is 10.4. The number of anilines is 1. The van der Waals surface area contributed by atoms with Crippen LogP contribution in [0.3, 0.4) is 0 Å². The van der Waals surface area contributed by atoms with Gasteiger partial charge < -0.3 is 5.32 Å². The van der Waals surface area contributed by atoms with Gasteiger partial charge in [0.05, 0.1) is 23.9 Å². The molecule has 20 heavy (non-hydrogen) atoms. The molecule has 0 atom stereocenters. The number of hydrogen-bond donors (Lipinski definition) is 1. The first-order chi connectivity index (χ1) is 9.79. The standard InChI is InChI=1S/C16H14N4/c1-20-13(8-9-19-20)11-18-16-7-6-12(10-17)14-4-2-3-5-15(14)16/h2-9,18H,11H2,1H3. The largest absolute Gasteiger partial charge is 0.379 e. The second-order valence-electron chi connectivity index (χ2n) is 4.62. The van der Waals surface area contributed by atoms with Gasteiger partial charge in [-0.2, -0.15) is 10.4 Å². The van der Waals surface area contributed by atoms with Gasteiger partial charge in [0.1, 0.15) is 0 Å². The Morgan fingerprint density at radius 3 is 2.65 bits per heavy atom. The van der Waals surface area contributed by atoms with Gasteiger partial charge in [0, 0.05) is 29.7 Å². The summed E-state index contributed by atoms with van der Waals surface area (Å²) in [5.41, 5.74) is 2.84. The molecule has 0 radical (unpaired) electrons. The summed E-state index contributed by atoms with van der Waals surface area (Å²) in [4.78, 5) is 0. The van der Waals surface area contributed by atoms with Gasteiger partial charge >= 0.3 is 0 Å². The van der Waals surface area contributed by atoms with Crippen molar-refractivity contribution in [3.63, 3.8) is 0 Å². The molecule has 2 aromatic carbocycles. The molecule has 3 rings (SSSR count). The van der Waals surface area contributed by atoms with Gasteiger partial charge in [0.25, 0.3) is 0 Å². The van der Waals surface area contributed by atoms with Gasteiger partial charge in [-0.3, -0.25) is 4.68 Å². The number of rotatable bonds is 3. The van der Waals surface area contributed by atoms with Crippen molar-refractivity contribution in [1.29, 1.82) is 5.26 Å². The lowest BCUT2D eigenvalue weighted by atomic mass is 10.0. The highest BCUT2D eigenvalue weighted by molar-refractivity contribution is 5.97. The third kappa shape index (κ3) is 2.10. The third-order valence-corrected chi connectivity index (χ3v) is 3.43. The van der Waals surface area contributed by atoms with Crippen molar-refractivity contribution >= 4 is 16.5 Å². The summed E-state index contributed by atoms with van der Waals surface area (Å²) in [5, 5.41) is 18.8. The molecule has 1 N–H and O–H groups in total. The molecule has 0 spiro atoms. The molecule has 0 fully saturated rings. The van der Waals surface area contributed by atoms with E-state index in [1.165, 1.54) is 0 Å². The van der Waals surface area contributed by atoms with Crippen molar-refractivity contribution in [2.24, 2.45) is 7.05 Å². The first-order valence-electron chi connectivity index (χ1n) is 6.42. The molecular weight excluding hydrogens is 248 g/mol. The van der Waals surface area contributed by atoms with Crippen LogP contribution in [0, 0.1) is 11.3 Å². The zero-order valence-corrected chi connectivity index (χ0v) is 11.2. The predicted octanol–water partition coefficient (Wildman–Crippen LogP) is 3.06. The maximum atomic E-state index is 9.16. The summed E-state index contributed by atoms with van der Waals surface area (Å²) in [6.07, 6.45) is 1.79. The fourth-order valence-corrected chi connectivity index (χ4v) is 2.31. The summed E-state index contributed by atoms with van der Waals surface area (Å²) < 4.78 is 1.85. The van der Waals surface area contributed by atoms with Gasteiger partial charge in [-0.1, -0.05) is 24.3 Å². The van der Waals surface area contributed by atoms with E-state index in [1.807, 2.05) is 54.2 Å². The monoisotopic (exact) mass is 262 g/mol. The van der Waals surface area contributed by atoms with Gasteiger partial charge in [-0.05, 0) is 18.2 Å². The number of fused-ring (bicyclic) bond motifs is 1. The lowest BCUT2D eigenvalue weighted by molar-refractivity contribution is 0.721. The number of aryl methyl sites for hydroxylation is 1. The fraction of sp³-hybridized carbons (Fsp3) is 0.125. The number of hydrogen-bond acceptors (Lipinski definition) is 3. The second kappa shape index (κ2) is 5.06. The number of benzene rings is 2. The SMILES string of the molecule is Cn1nccc1CNc1ccc(C#N)c2ccccc12. The number of aromatic nitrogens is 2. The molecule has 0 bridgehead atoms. The maximum absolute atomic E-state index is 9.16. The van der Waals surface area contributed by atoms with Crippen molar-refractivity contribution in [2.75, 3.05) is 5.32 Å². The fourth-order valence-electron chi connectivity index (χ4n) is 2.31. The lowest BCUT2D eigenvalue weighted by Gasteiger charge is -2.11. The highest BCUT2D eigenvalue weighted by Crippen LogP contribution is 2.26. The first kappa shape index (κ1) is 12.2. The zero-order chi connectivity index (χ0) is 13.9. The molecule has 0 aliphatic heterocycles. The van der Waals surface area contributed by atoms with Crippen LogP contribution in [-0.4, -0.2) is 9.78 Å². The first-order valence-corrected chi connectivity index (χ1v) is 6.42. The van der Waals surface area contributed by atoms with Crippen molar-refractivity contribution in [2.45, 2.75) is 6.54 Å². The van der Waals surface area contributed by atoms with E-state index in [4.69, 9.17) is 5.26 Å². The minimum absolute atomic E-state index is 0.701. The summed E-state index contributed by atoms with van der Waals surface area (Å²) >= 11 is 0. The van der Waals surface area contributed by atoms with Crippen molar-refractivity contribution in [3.05, 3.63) is 59.9 Å². The molecule has 4 heteroatoms. The molecule has 1 heterocycles. The van der Waals surface area contributed by atoms with Gasteiger partial charge in [-0.15, -0.1) is 0 Å². The zero-order valence-electron chi connectivity index (χ0n) is 11.2. The van der Waals surface area contributed by atoms with E-state index in [2.05, 4.69) is 16.5 Å².